The van der Waals surface area contributed by atoms with Gasteiger partial charge in [0.15, 0.2) is 6.10 Å². The summed E-state index contributed by atoms with van der Waals surface area (Å²) in [6.45, 7) is 6.43. The SMILES string of the molecule is CCOC(=O)c1c(C)[nH]c(C(=O)[C@@H](C)OC(=O)c2cc([N+](=O)[O-])ccc2OC)c1C. The van der Waals surface area contributed by atoms with Crippen molar-refractivity contribution >= 4 is 23.4 Å². The lowest BCUT2D eigenvalue weighted by molar-refractivity contribution is -0.384. The Bertz CT molecular complexity index is 1010. The molecule has 0 fully saturated rings. The maximum absolute atomic E-state index is 12.8. The molecule has 1 aromatic carbocycles. The lowest BCUT2D eigenvalue weighted by Crippen LogP contribution is -2.25. The van der Waals surface area contributed by atoms with Crippen LogP contribution in [0.3, 0.4) is 0 Å². The number of ketones is 1. The van der Waals surface area contributed by atoms with Gasteiger partial charge in [-0.05, 0) is 39.3 Å². The molecular formula is C20H22N2O8. The minimum Gasteiger partial charge on any atom is -0.496 e. The Kier molecular flexibility index (Phi) is 6.93. The Morgan fingerprint density at radius 3 is 2.43 bits per heavy atom. The van der Waals surface area contributed by atoms with E-state index >= 15 is 0 Å². The Hall–Kier alpha value is -3.69. The van der Waals surface area contributed by atoms with Gasteiger partial charge >= 0.3 is 11.9 Å². The molecule has 0 spiro atoms. The van der Waals surface area contributed by atoms with Crippen molar-refractivity contribution in [2.24, 2.45) is 0 Å². The highest BCUT2D eigenvalue weighted by molar-refractivity contribution is 6.04. The number of carbonyl (C=O) groups is 3. The summed E-state index contributed by atoms with van der Waals surface area (Å²) in [5.74, 6) is -2.01. The molecule has 0 saturated heterocycles. The number of esters is 2. The molecule has 0 amide bonds. The standard InChI is InChI=1S/C20H22N2O8/c1-6-29-20(25)16-10(2)17(21-11(16)3)18(23)12(4)30-19(24)14-9-13(22(26)27)7-8-15(14)28-5/h7-9,12,21H,6H2,1-5H3/t12-/m1/s1. The van der Waals surface area contributed by atoms with E-state index in [1.165, 1.54) is 26.2 Å². The van der Waals surface area contributed by atoms with E-state index in [-0.39, 0.29) is 34.9 Å². The van der Waals surface area contributed by atoms with Crippen LogP contribution in [0.1, 0.15) is 56.3 Å². The van der Waals surface area contributed by atoms with Gasteiger partial charge in [0.25, 0.3) is 5.69 Å². The van der Waals surface area contributed by atoms with Gasteiger partial charge in [-0.3, -0.25) is 14.9 Å². The van der Waals surface area contributed by atoms with Crippen molar-refractivity contribution in [3.63, 3.8) is 0 Å². The molecule has 0 aliphatic rings. The maximum atomic E-state index is 12.8. The molecule has 2 aromatic rings. The van der Waals surface area contributed by atoms with Crippen molar-refractivity contribution in [2.75, 3.05) is 13.7 Å². The number of H-pyrrole nitrogens is 1. The number of hydrogen-bond acceptors (Lipinski definition) is 8. The van der Waals surface area contributed by atoms with Crippen LogP contribution in [0, 0.1) is 24.0 Å². The van der Waals surface area contributed by atoms with Crippen molar-refractivity contribution in [3.8, 4) is 5.75 Å². The summed E-state index contributed by atoms with van der Waals surface area (Å²) in [5, 5.41) is 11.0. The van der Waals surface area contributed by atoms with Crippen molar-refractivity contribution in [1.29, 1.82) is 0 Å². The number of benzene rings is 1. The van der Waals surface area contributed by atoms with Crippen LogP contribution in [-0.2, 0) is 9.47 Å². The van der Waals surface area contributed by atoms with E-state index in [2.05, 4.69) is 4.98 Å². The molecule has 0 aliphatic carbocycles. The zero-order chi connectivity index (χ0) is 22.6. The second-order valence-electron chi connectivity index (χ2n) is 6.40. The van der Waals surface area contributed by atoms with Gasteiger partial charge in [0, 0.05) is 17.8 Å². The lowest BCUT2D eigenvalue weighted by Gasteiger charge is -2.14. The number of nitro benzene ring substituents is 1. The summed E-state index contributed by atoms with van der Waals surface area (Å²) in [6, 6.07) is 3.47. The molecule has 10 nitrogen and oxygen atoms in total. The number of carbonyl (C=O) groups excluding carboxylic acids is 3. The number of methoxy groups -OCH3 is 1. The van der Waals surface area contributed by atoms with Crippen molar-refractivity contribution in [1.82, 2.24) is 4.98 Å². The van der Waals surface area contributed by atoms with E-state index in [0.29, 0.717) is 11.3 Å². The van der Waals surface area contributed by atoms with Crippen molar-refractivity contribution in [3.05, 3.63) is 56.4 Å². The first kappa shape index (κ1) is 22.6. The van der Waals surface area contributed by atoms with E-state index in [1.807, 2.05) is 0 Å². The Morgan fingerprint density at radius 1 is 1.20 bits per heavy atom. The molecule has 2 rings (SSSR count). The number of aryl methyl sites for hydroxylation is 1. The first-order valence-electron chi connectivity index (χ1n) is 9.06. The van der Waals surface area contributed by atoms with Crippen molar-refractivity contribution < 1.29 is 33.5 Å². The van der Waals surface area contributed by atoms with E-state index < -0.39 is 28.7 Å². The fourth-order valence-electron chi connectivity index (χ4n) is 2.96. The van der Waals surface area contributed by atoms with Gasteiger partial charge in [0.1, 0.15) is 11.3 Å². The minimum atomic E-state index is -1.23. The number of rotatable bonds is 8. The number of nitrogens with zero attached hydrogens (tertiary/aromatic N) is 1. The molecule has 1 atom stereocenters. The molecule has 10 heteroatoms. The molecular weight excluding hydrogens is 396 g/mol. The van der Waals surface area contributed by atoms with Gasteiger partial charge in [0.2, 0.25) is 5.78 Å². The quantitative estimate of drug-likeness (QED) is 0.299. The largest absolute Gasteiger partial charge is 0.496 e. The molecule has 0 unspecified atom stereocenters. The number of nitro groups is 1. The smallest absolute Gasteiger partial charge is 0.342 e. The monoisotopic (exact) mass is 418 g/mol. The normalized spacial score (nSPS) is 11.5. The third-order valence-corrected chi connectivity index (χ3v) is 4.43. The maximum Gasteiger partial charge on any atom is 0.342 e. The van der Waals surface area contributed by atoms with Gasteiger partial charge in [-0.25, -0.2) is 9.59 Å². The van der Waals surface area contributed by atoms with Crippen LogP contribution in [-0.4, -0.2) is 47.4 Å². The first-order chi connectivity index (χ1) is 14.1. The van der Waals surface area contributed by atoms with Crippen LogP contribution in [0.2, 0.25) is 0 Å². The number of ether oxygens (including phenoxy) is 3. The first-order valence-corrected chi connectivity index (χ1v) is 9.06. The molecule has 0 radical (unpaired) electrons. The van der Waals surface area contributed by atoms with E-state index in [9.17, 15) is 24.5 Å². The molecule has 0 aliphatic heterocycles. The molecule has 30 heavy (non-hydrogen) atoms. The zero-order valence-electron chi connectivity index (χ0n) is 17.2. The van der Waals surface area contributed by atoms with Gasteiger partial charge in [-0.1, -0.05) is 0 Å². The van der Waals surface area contributed by atoms with Crippen LogP contribution in [0.15, 0.2) is 18.2 Å². The predicted molar refractivity (Wildman–Crippen MR) is 105 cm³/mol. The fraction of sp³-hybridized carbons (Fsp3) is 0.350. The summed E-state index contributed by atoms with van der Waals surface area (Å²) >= 11 is 0. The number of hydrogen-bond donors (Lipinski definition) is 1. The number of aromatic amines is 1. The average Bonchev–Trinajstić information content (AvgIpc) is 3.00. The number of nitrogens with one attached hydrogen (secondary N) is 1. The summed E-state index contributed by atoms with van der Waals surface area (Å²) < 4.78 is 15.3. The minimum absolute atomic E-state index is 0.0711. The number of Topliss-reactive ketones (excluding diaryl/α,β-unsaturated/α-hetero) is 1. The highest BCUT2D eigenvalue weighted by Gasteiger charge is 2.29. The fourth-order valence-corrected chi connectivity index (χ4v) is 2.96. The molecule has 160 valence electrons. The van der Waals surface area contributed by atoms with E-state index in [4.69, 9.17) is 14.2 Å². The topological polar surface area (TPSA) is 138 Å². The summed E-state index contributed by atoms with van der Waals surface area (Å²) in [5.41, 5.74) is 0.690. The molecule has 1 heterocycles. The Labute approximate surface area is 172 Å². The molecule has 0 saturated carbocycles. The van der Waals surface area contributed by atoms with Crippen LogP contribution < -0.4 is 4.74 Å². The van der Waals surface area contributed by atoms with Gasteiger partial charge in [-0.15, -0.1) is 0 Å². The number of non-ortho nitro benzene ring substituents is 1. The van der Waals surface area contributed by atoms with Crippen LogP contribution in [0.4, 0.5) is 5.69 Å². The second kappa shape index (κ2) is 9.21. The molecule has 1 N–H and O–H groups in total. The van der Waals surface area contributed by atoms with Gasteiger partial charge in [0.05, 0.1) is 29.9 Å². The van der Waals surface area contributed by atoms with Gasteiger partial charge < -0.3 is 19.2 Å². The van der Waals surface area contributed by atoms with Gasteiger partial charge in [-0.2, -0.15) is 0 Å². The summed E-state index contributed by atoms with van der Waals surface area (Å²) in [4.78, 5) is 50.6. The highest BCUT2D eigenvalue weighted by Crippen LogP contribution is 2.26. The highest BCUT2D eigenvalue weighted by atomic mass is 16.6. The van der Waals surface area contributed by atoms with Crippen molar-refractivity contribution in [2.45, 2.75) is 33.8 Å². The molecule has 0 bridgehead atoms. The van der Waals surface area contributed by atoms with Crippen LogP contribution in [0.5, 0.6) is 5.75 Å². The van der Waals surface area contributed by atoms with Crippen LogP contribution >= 0.6 is 0 Å². The van der Waals surface area contributed by atoms with E-state index in [0.717, 1.165) is 6.07 Å². The second-order valence-corrected chi connectivity index (χ2v) is 6.40. The molecule has 1 aromatic heterocycles. The van der Waals surface area contributed by atoms with E-state index in [1.54, 1.807) is 20.8 Å². The summed E-state index contributed by atoms with van der Waals surface area (Å²) in [7, 11) is 1.30. The third-order valence-electron chi connectivity index (χ3n) is 4.43. The summed E-state index contributed by atoms with van der Waals surface area (Å²) in [6.07, 6.45) is -1.23. The predicted octanol–water partition coefficient (Wildman–Crippen LogP) is 3.15. The average molecular weight is 418 g/mol. The Morgan fingerprint density at radius 2 is 1.87 bits per heavy atom. The number of aromatic nitrogens is 1. The Balaban J connectivity index is 2.28. The van der Waals surface area contributed by atoms with Crippen LogP contribution in [0.25, 0.3) is 0 Å². The lowest BCUT2D eigenvalue weighted by atomic mass is 10.1. The zero-order valence-corrected chi connectivity index (χ0v) is 17.2. The third kappa shape index (κ3) is 4.48.